The van der Waals surface area contributed by atoms with Gasteiger partial charge in [0.2, 0.25) is 5.89 Å². The number of hydrogen-bond acceptors (Lipinski definition) is 4. The van der Waals surface area contributed by atoms with Crippen LogP contribution in [-0.4, -0.2) is 21.5 Å². The minimum absolute atomic E-state index is 0.440. The van der Waals surface area contributed by atoms with E-state index in [-0.39, 0.29) is 0 Å². The Morgan fingerprint density at radius 1 is 0.964 bits per heavy atom. The molecule has 1 unspecified atom stereocenters. The van der Waals surface area contributed by atoms with Gasteiger partial charge in [-0.2, -0.15) is 0 Å². The largest absolute Gasteiger partial charge is 0.436 e. The number of nitrogens with one attached hydrogen (secondary N) is 2. The molecule has 0 saturated carbocycles. The molecule has 2 N–H and O–H groups in total. The van der Waals surface area contributed by atoms with Gasteiger partial charge in [0.25, 0.3) is 0 Å². The van der Waals surface area contributed by atoms with Crippen molar-refractivity contribution in [3.05, 3.63) is 78.1 Å². The lowest BCUT2D eigenvalue weighted by Crippen LogP contribution is -2.21. The summed E-state index contributed by atoms with van der Waals surface area (Å²) in [7, 11) is 0. The van der Waals surface area contributed by atoms with Crippen molar-refractivity contribution in [3.63, 3.8) is 0 Å². The number of fused-ring (bicyclic) bond motifs is 3. The molecule has 0 saturated heterocycles. The average Bonchev–Trinajstić information content (AvgIpc) is 3.39. The van der Waals surface area contributed by atoms with Gasteiger partial charge in [0.05, 0.1) is 17.4 Å². The van der Waals surface area contributed by atoms with Gasteiger partial charge in [-0.3, -0.25) is 0 Å². The highest BCUT2D eigenvalue weighted by molar-refractivity contribution is 5.77. The molecule has 0 fully saturated rings. The topological polar surface area (TPSA) is 66.7 Å². The van der Waals surface area contributed by atoms with Crippen LogP contribution in [0.15, 0.2) is 71.4 Å². The number of anilines is 1. The molecule has 5 nitrogen and oxygen atoms in total. The third kappa shape index (κ3) is 2.47. The van der Waals surface area contributed by atoms with E-state index in [1.807, 2.05) is 24.3 Å². The molecule has 0 radical (unpaired) electrons. The van der Waals surface area contributed by atoms with Crippen LogP contribution >= 0.6 is 0 Å². The molecule has 3 aromatic carbocycles. The van der Waals surface area contributed by atoms with Crippen molar-refractivity contribution in [3.8, 4) is 11.5 Å². The zero-order valence-corrected chi connectivity index (χ0v) is 15.1. The molecule has 6 rings (SSSR count). The van der Waals surface area contributed by atoms with Gasteiger partial charge in [-0.1, -0.05) is 24.3 Å². The fourth-order valence-corrected chi connectivity index (χ4v) is 4.06. The number of oxazole rings is 1. The molecule has 2 aromatic heterocycles. The summed E-state index contributed by atoms with van der Waals surface area (Å²) < 4.78 is 5.92. The third-order valence-electron chi connectivity index (χ3n) is 5.57. The van der Waals surface area contributed by atoms with Gasteiger partial charge in [-0.05, 0) is 53.9 Å². The van der Waals surface area contributed by atoms with Gasteiger partial charge >= 0.3 is 0 Å². The number of benzene rings is 3. The number of hydrogen-bond donors (Lipinski definition) is 2. The number of para-hydroxylation sites is 2. The van der Waals surface area contributed by atoms with Crippen molar-refractivity contribution in [2.45, 2.75) is 12.3 Å². The predicted molar refractivity (Wildman–Crippen MR) is 110 cm³/mol. The van der Waals surface area contributed by atoms with Crippen LogP contribution in [0.2, 0.25) is 0 Å². The first kappa shape index (κ1) is 15.5. The van der Waals surface area contributed by atoms with E-state index in [1.165, 1.54) is 16.8 Å². The summed E-state index contributed by atoms with van der Waals surface area (Å²) in [4.78, 5) is 12.1. The number of H-pyrrole nitrogens is 1. The van der Waals surface area contributed by atoms with Gasteiger partial charge in [-0.25, -0.2) is 9.97 Å². The molecule has 136 valence electrons. The predicted octanol–water partition coefficient (Wildman–Crippen LogP) is 5.12. The lowest BCUT2D eigenvalue weighted by Gasteiger charge is -2.27. The number of aromatic amines is 1. The summed E-state index contributed by atoms with van der Waals surface area (Å²) in [5.74, 6) is 1.10. The molecule has 5 heteroatoms. The van der Waals surface area contributed by atoms with Crippen LogP contribution in [0, 0.1) is 0 Å². The smallest absolute Gasteiger partial charge is 0.227 e. The first-order valence-corrected chi connectivity index (χ1v) is 9.49. The van der Waals surface area contributed by atoms with E-state index in [2.05, 4.69) is 56.7 Å². The average molecular weight is 366 g/mol. The van der Waals surface area contributed by atoms with Gasteiger partial charge in [0, 0.05) is 23.7 Å². The van der Waals surface area contributed by atoms with Crippen molar-refractivity contribution in [1.29, 1.82) is 0 Å². The number of imidazole rings is 1. The Bertz CT molecular complexity index is 1280. The Kier molecular flexibility index (Phi) is 3.29. The minimum Gasteiger partial charge on any atom is -0.436 e. The number of nitrogens with zero attached hydrogens (tertiary/aromatic N) is 2. The standard InChI is InChI=1S/C23H18N4O/c1-2-4-22-19(3-1)27-23(28-22)16-6-5-15-9-17(12-24-20(15)11-16)14-7-8-18-21(10-14)26-13-25-18/h1-8,10-11,13,17,24H,9,12H2,(H,25,26). The van der Waals surface area contributed by atoms with Crippen molar-refractivity contribution >= 4 is 27.8 Å². The summed E-state index contributed by atoms with van der Waals surface area (Å²) in [6.07, 6.45) is 2.76. The highest BCUT2D eigenvalue weighted by atomic mass is 16.3. The molecular weight excluding hydrogens is 348 g/mol. The molecule has 28 heavy (non-hydrogen) atoms. The SMILES string of the molecule is c1ccc2oc(-c3ccc4c(c3)NCC(c3ccc5nc[nH]c5c3)C4)nc2c1. The summed E-state index contributed by atoms with van der Waals surface area (Å²) in [6.45, 7) is 0.906. The normalized spacial score (nSPS) is 16.2. The molecule has 5 aromatic rings. The monoisotopic (exact) mass is 366 g/mol. The zero-order chi connectivity index (χ0) is 18.5. The first-order chi connectivity index (χ1) is 13.8. The Morgan fingerprint density at radius 2 is 1.93 bits per heavy atom. The summed E-state index contributed by atoms with van der Waals surface area (Å²) >= 11 is 0. The highest BCUT2D eigenvalue weighted by Gasteiger charge is 2.21. The maximum Gasteiger partial charge on any atom is 0.227 e. The molecule has 0 bridgehead atoms. The number of aromatic nitrogens is 3. The van der Waals surface area contributed by atoms with Crippen LogP contribution in [0.3, 0.4) is 0 Å². The lowest BCUT2D eigenvalue weighted by atomic mass is 9.87. The van der Waals surface area contributed by atoms with Crippen LogP contribution in [0.5, 0.6) is 0 Å². The van der Waals surface area contributed by atoms with Gasteiger partial charge in [0.1, 0.15) is 5.52 Å². The van der Waals surface area contributed by atoms with E-state index in [1.54, 1.807) is 6.33 Å². The van der Waals surface area contributed by atoms with E-state index < -0.39 is 0 Å². The van der Waals surface area contributed by atoms with E-state index in [4.69, 9.17) is 4.42 Å². The second-order valence-corrected chi connectivity index (χ2v) is 7.32. The van der Waals surface area contributed by atoms with E-state index in [0.717, 1.165) is 40.7 Å². The van der Waals surface area contributed by atoms with Gasteiger partial charge in [-0.15, -0.1) is 0 Å². The minimum atomic E-state index is 0.440. The van der Waals surface area contributed by atoms with E-state index in [9.17, 15) is 0 Å². The summed E-state index contributed by atoms with van der Waals surface area (Å²) in [6, 6.07) is 20.8. The Labute approximate surface area is 161 Å². The quantitative estimate of drug-likeness (QED) is 0.455. The lowest BCUT2D eigenvalue weighted by molar-refractivity contribution is 0.619. The molecule has 0 amide bonds. The van der Waals surface area contributed by atoms with Gasteiger partial charge in [0.15, 0.2) is 5.58 Å². The molecular formula is C23H18N4O. The summed E-state index contributed by atoms with van der Waals surface area (Å²) in [5, 5.41) is 3.60. The zero-order valence-electron chi connectivity index (χ0n) is 15.1. The van der Waals surface area contributed by atoms with Gasteiger partial charge < -0.3 is 14.7 Å². The van der Waals surface area contributed by atoms with Crippen LogP contribution in [0.25, 0.3) is 33.6 Å². The maximum atomic E-state index is 5.92. The van der Waals surface area contributed by atoms with Crippen molar-refractivity contribution < 1.29 is 4.42 Å². The molecule has 0 aliphatic carbocycles. The summed E-state index contributed by atoms with van der Waals surface area (Å²) in [5.41, 5.74) is 8.62. The Hall–Kier alpha value is -3.60. The van der Waals surface area contributed by atoms with Crippen molar-refractivity contribution in [2.75, 3.05) is 11.9 Å². The van der Waals surface area contributed by atoms with Crippen molar-refractivity contribution in [1.82, 2.24) is 15.0 Å². The van der Waals surface area contributed by atoms with Crippen LogP contribution < -0.4 is 5.32 Å². The van der Waals surface area contributed by atoms with E-state index >= 15 is 0 Å². The van der Waals surface area contributed by atoms with E-state index in [0.29, 0.717) is 11.8 Å². The molecule has 3 heterocycles. The van der Waals surface area contributed by atoms with Crippen LogP contribution in [-0.2, 0) is 6.42 Å². The van der Waals surface area contributed by atoms with Crippen LogP contribution in [0.1, 0.15) is 17.0 Å². The number of rotatable bonds is 2. The maximum absolute atomic E-state index is 5.92. The molecule has 1 aliphatic rings. The highest BCUT2D eigenvalue weighted by Crippen LogP contribution is 2.34. The molecule has 1 aliphatic heterocycles. The second kappa shape index (κ2) is 5.96. The van der Waals surface area contributed by atoms with Crippen LogP contribution in [0.4, 0.5) is 5.69 Å². The fourth-order valence-electron chi connectivity index (χ4n) is 4.06. The Balaban J connectivity index is 1.31. The molecule has 1 atom stereocenters. The first-order valence-electron chi connectivity index (χ1n) is 9.49. The molecule has 0 spiro atoms. The fraction of sp³-hybridized carbons (Fsp3) is 0.130. The second-order valence-electron chi connectivity index (χ2n) is 7.32. The Morgan fingerprint density at radius 3 is 2.89 bits per heavy atom. The third-order valence-corrected chi connectivity index (χ3v) is 5.57. The van der Waals surface area contributed by atoms with Crippen molar-refractivity contribution in [2.24, 2.45) is 0 Å².